The Morgan fingerprint density at radius 2 is 1.82 bits per heavy atom. The highest BCUT2D eigenvalue weighted by Crippen LogP contribution is 2.42. The highest BCUT2D eigenvalue weighted by molar-refractivity contribution is 7.91. The van der Waals surface area contributed by atoms with E-state index in [0.717, 1.165) is 18.4 Å². The van der Waals surface area contributed by atoms with Gasteiger partial charge in [0.2, 0.25) is 0 Å². The van der Waals surface area contributed by atoms with Crippen LogP contribution in [0.5, 0.6) is 0 Å². The lowest BCUT2D eigenvalue weighted by Gasteiger charge is -2.19. The van der Waals surface area contributed by atoms with Gasteiger partial charge in [0.1, 0.15) is 0 Å². The molecule has 1 aliphatic carbocycles. The summed E-state index contributed by atoms with van der Waals surface area (Å²) in [5.41, 5.74) is 12.7. The van der Waals surface area contributed by atoms with Gasteiger partial charge in [0.15, 0.2) is 9.84 Å². The van der Waals surface area contributed by atoms with E-state index in [-0.39, 0.29) is 17.3 Å². The molecule has 17 heavy (non-hydrogen) atoms. The summed E-state index contributed by atoms with van der Waals surface area (Å²) in [6.07, 6.45) is 1.87. The fraction of sp³-hybridized carbons (Fsp3) is 0.500. The molecule has 4 nitrogen and oxygen atoms in total. The molecule has 2 rings (SSSR count). The van der Waals surface area contributed by atoms with Crippen LogP contribution in [0.25, 0.3) is 0 Å². The average Bonchev–Trinajstić information content (AvgIpc) is 3.08. The molecule has 1 aromatic carbocycles. The molecule has 94 valence electrons. The van der Waals surface area contributed by atoms with Crippen molar-refractivity contribution in [1.29, 1.82) is 0 Å². The minimum Gasteiger partial charge on any atom is -0.323 e. The van der Waals surface area contributed by atoms with Crippen LogP contribution >= 0.6 is 0 Å². The maximum atomic E-state index is 11.6. The van der Waals surface area contributed by atoms with Gasteiger partial charge in [0.25, 0.3) is 0 Å². The summed E-state index contributed by atoms with van der Waals surface area (Å²) >= 11 is 0. The summed E-state index contributed by atoms with van der Waals surface area (Å²) in [5, 5.41) is 0. The molecule has 0 bridgehead atoms. The zero-order valence-corrected chi connectivity index (χ0v) is 10.7. The van der Waals surface area contributed by atoms with E-state index in [0.29, 0.717) is 4.90 Å². The molecule has 0 aliphatic heterocycles. The zero-order chi connectivity index (χ0) is 12.7. The third kappa shape index (κ3) is 2.36. The van der Waals surface area contributed by atoms with Gasteiger partial charge in [-0.25, -0.2) is 8.42 Å². The third-order valence-electron chi connectivity index (χ3n) is 3.43. The number of benzene rings is 1. The zero-order valence-electron chi connectivity index (χ0n) is 9.89. The summed E-state index contributed by atoms with van der Waals surface area (Å²) in [4.78, 5) is 0.345. The molecule has 0 aromatic heterocycles. The highest BCUT2D eigenvalue weighted by atomic mass is 32.2. The van der Waals surface area contributed by atoms with Crippen LogP contribution in [0.4, 0.5) is 0 Å². The van der Waals surface area contributed by atoms with Crippen LogP contribution in [0.3, 0.4) is 0 Å². The Hall–Kier alpha value is -0.910. The van der Waals surface area contributed by atoms with Crippen molar-refractivity contribution < 1.29 is 8.42 Å². The van der Waals surface area contributed by atoms with Crippen molar-refractivity contribution >= 4 is 9.84 Å². The second-order valence-electron chi connectivity index (χ2n) is 4.68. The lowest BCUT2D eigenvalue weighted by Crippen LogP contribution is -2.36. The van der Waals surface area contributed by atoms with Crippen LogP contribution in [0.1, 0.15) is 31.4 Å². The molecule has 0 spiro atoms. The Labute approximate surface area is 102 Å². The quantitative estimate of drug-likeness (QED) is 0.838. The molecule has 0 radical (unpaired) electrons. The van der Waals surface area contributed by atoms with Gasteiger partial charge in [-0.1, -0.05) is 19.1 Å². The monoisotopic (exact) mass is 254 g/mol. The van der Waals surface area contributed by atoms with E-state index >= 15 is 0 Å². The molecule has 0 heterocycles. The van der Waals surface area contributed by atoms with Crippen LogP contribution in [0.2, 0.25) is 0 Å². The second-order valence-corrected chi connectivity index (χ2v) is 6.96. The Morgan fingerprint density at radius 3 is 2.24 bits per heavy atom. The molecule has 1 fully saturated rings. The highest BCUT2D eigenvalue weighted by Gasteiger charge is 2.44. The lowest BCUT2D eigenvalue weighted by atomic mass is 9.99. The Balaban J connectivity index is 2.24. The largest absolute Gasteiger partial charge is 0.323 e. The fourth-order valence-corrected chi connectivity index (χ4v) is 2.72. The SMILES string of the molecule is CCS(=O)(=O)c1ccc(C(N)C2(N)CC2)cc1. The molecule has 1 aromatic rings. The van der Waals surface area contributed by atoms with Crippen molar-refractivity contribution in [3.63, 3.8) is 0 Å². The smallest absolute Gasteiger partial charge is 0.178 e. The van der Waals surface area contributed by atoms with Gasteiger partial charge in [-0.2, -0.15) is 0 Å². The minimum atomic E-state index is -3.13. The predicted octanol–water partition coefficient (Wildman–Crippen LogP) is 0.971. The number of rotatable bonds is 4. The summed E-state index contributed by atoms with van der Waals surface area (Å²) in [7, 11) is -3.13. The van der Waals surface area contributed by atoms with Crippen molar-refractivity contribution in [3.05, 3.63) is 29.8 Å². The molecule has 1 saturated carbocycles. The van der Waals surface area contributed by atoms with E-state index in [1.54, 1.807) is 31.2 Å². The van der Waals surface area contributed by atoms with Crippen LogP contribution in [-0.4, -0.2) is 19.7 Å². The molecule has 4 N–H and O–H groups in total. The summed E-state index contributed by atoms with van der Waals surface area (Å²) in [6, 6.07) is 6.54. The number of hydrogen-bond donors (Lipinski definition) is 2. The van der Waals surface area contributed by atoms with E-state index < -0.39 is 9.84 Å². The molecule has 1 aliphatic rings. The molecule has 0 saturated heterocycles. The number of nitrogens with two attached hydrogens (primary N) is 2. The molecule has 1 unspecified atom stereocenters. The van der Waals surface area contributed by atoms with Crippen LogP contribution in [0, 0.1) is 0 Å². The first-order chi connectivity index (χ1) is 7.89. The Bertz CT molecular complexity index is 504. The Morgan fingerprint density at radius 1 is 1.29 bits per heavy atom. The normalized spacial score (nSPS) is 19.9. The van der Waals surface area contributed by atoms with Crippen molar-refractivity contribution in [1.82, 2.24) is 0 Å². The van der Waals surface area contributed by atoms with Gasteiger partial charge in [-0.15, -0.1) is 0 Å². The van der Waals surface area contributed by atoms with Crippen molar-refractivity contribution in [2.24, 2.45) is 11.5 Å². The van der Waals surface area contributed by atoms with E-state index in [9.17, 15) is 8.42 Å². The third-order valence-corrected chi connectivity index (χ3v) is 5.18. The maximum Gasteiger partial charge on any atom is 0.178 e. The molecule has 0 amide bonds. The van der Waals surface area contributed by atoms with Gasteiger partial charge < -0.3 is 11.5 Å². The number of sulfone groups is 1. The second kappa shape index (κ2) is 4.08. The topological polar surface area (TPSA) is 86.2 Å². The van der Waals surface area contributed by atoms with E-state index in [2.05, 4.69) is 0 Å². The van der Waals surface area contributed by atoms with Crippen molar-refractivity contribution in [2.45, 2.75) is 36.2 Å². The standard InChI is InChI=1S/C12H18N2O2S/c1-2-17(15,16)10-5-3-9(4-6-10)11(13)12(14)7-8-12/h3-6,11H,2,7-8,13-14H2,1H3. The maximum absolute atomic E-state index is 11.6. The summed E-state index contributed by atoms with van der Waals surface area (Å²) < 4.78 is 23.3. The summed E-state index contributed by atoms with van der Waals surface area (Å²) in [6.45, 7) is 1.63. The first-order valence-electron chi connectivity index (χ1n) is 5.76. The van der Waals surface area contributed by atoms with Gasteiger partial charge in [-0.05, 0) is 30.5 Å². The van der Waals surface area contributed by atoms with Crippen molar-refractivity contribution in [3.8, 4) is 0 Å². The van der Waals surface area contributed by atoms with Crippen LogP contribution < -0.4 is 11.5 Å². The number of hydrogen-bond acceptors (Lipinski definition) is 4. The molecule has 1 atom stereocenters. The summed E-state index contributed by atoms with van der Waals surface area (Å²) in [5.74, 6) is 0.110. The van der Waals surface area contributed by atoms with Crippen LogP contribution in [-0.2, 0) is 9.84 Å². The fourth-order valence-electron chi connectivity index (χ4n) is 1.84. The Kier molecular flexibility index (Phi) is 3.01. The lowest BCUT2D eigenvalue weighted by molar-refractivity contribution is 0.535. The predicted molar refractivity (Wildman–Crippen MR) is 67.2 cm³/mol. The van der Waals surface area contributed by atoms with Crippen molar-refractivity contribution in [2.75, 3.05) is 5.75 Å². The van der Waals surface area contributed by atoms with E-state index in [4.69, 9.17) is 11.5 Å². The first-order valence-corrected chi connectivity index (χ1v) is 7.41. The van der Waals surface area contributed by atoms with Gasteiger partial charge in [0.05, 0.1) is 10.6 Å². The van der Waals surface area contributed by atoms with Crippen LogP contribution in [0.15, 0.2) is 29.2 Å². The van der Waals surface area contributed by atoms with Gasteiger partial charge >= 0.3 is 0 Å². The molecular formula is C12H18N2O2S. The van der Waals surface area contributed by atoms with E-state index in [1.165, 1.54) is 0 Å². The van der Waals surface area contributed by atoms with Gasteiger partial charge in [-0.3, -0.25) is 0 Å². The minimum absolute atomic E-state index is 0.110. The first kappa shape index (κ1) is 12.5. The van der Waals surface area contributed by atoms with Gasteiger partial charge in [0, 0.05) is 11.6 Å². The van der Waals surface area contributed by atoms with E-state index in [1.807, 2.05) is 0 Å². The average molecular weight is 254 g/mol. The molecular weight excluding hydrogens is 236 g/mol. The molecule has 5 heteroatoms.